The Kier molecular flexibility index (Phi) is 5.39. The highest BCUT2D eigenvalue weighted by molar-refractivity contribution is 7.89. The number of hydrogen-bond donors (Lipinski definition) is 2. The second-order valence-corrected chi connectivity index (χ2v) is 6.55. The molecule has 1 rings (SSSR count). The lowest BCUT2D eigenvalue weighted by Gasteiger charge is -2.16. The minimum atomic E-state index is -4.30. The molecule has 0 aromatic heterocycles. The summed E-state index contributed by atoms with van der Waals surface area (Å²) in [6, 6.07) is 3.44. The Bertz CT molecular complexity index is 641. The Morgan fingerprint density at radius 1 is 1.38 bits per heavy atom. The summed E-state index contributed by atoms with van der Waals surface area (Å²) in [6.45, 7) is 3.49. The number of aliphatic carboxylic acids is 1. The molecule has 1 aromatic carbocycles. The molecule has 9 heteroatoms. The monoisotopic (exact) mass is 316 g/mol. The van der Waals surface area contributed by atoms with Gasteiger partial charge in [-0.2, -0.15) is 4.72 Å². The number of carboxylic acids is 1. The van der Waals surface area contributed by atoms with Gasteiger partial charge in [0.05, 0.1) is 4.92 Å². The molecule has 8 nitrogen and oxygen atoms in total. The highest BCUT2D eigenvalue weighted by Crippen LogP contribution is 2.23. The molecule has 0 fully saturated rings. The van der Waals surface area contributed by atoms with Crippen LogP contribution in [0.1, 0.15) is 20.3 Å². The van der Waals surface area contributed by atoms with Gasteiger partial charge in [0.2, 0.25) is 10.0 Å². The first kappa shape index (κ1) is 17.1. The highest BCUT2D eigenvalue weighted by Gasteiger charge is 2.30. The van der Waals surface area contributed by atoms with E-state index in [0.29, 0.717) is 0 Å². The van der Waals surface area contributed by atoms with Crippen molar-refractivity contribution in [3.8, 4) is 0 Å². The van der Waals surface area contributed by atoms with Crippen LogP contribution in [0, 0.1) is 16.0 Å². The fourth-order valence-electron chi connectivity index (χ4n) is 1.76. The van der Waals surface area contributed by atoms with Gasteiger partial charge in [0.25, 0.3) is 5.69 Å². The predicted molar refractivity (Wildman–Crippen MR) is 74.3 cm³/mol. The van der Waals surface area contributed by atoms with E-state index in [0.717, 1.165) is 12.1 Å². The molecule has 21 heavy (non-hydrogen) atoms. The van der Waals surface area contributed by atoms with E-state index in [2.05, 4.69) is 0 Å². The Labute approximate surface area is 122 Å². The molecule has 116 valence electrons. The number of rotatable bonds is 7. The Hall–Kier alpha value is -2.00. The first-order chi connectivity index (χ1) is 9.65. The minimum Gasteiger partial charge on any atom is -0.480 e. The SMILES string of the molecule is CC(C)C[C@H](NS(=O)(=O)c1ccccc1[N+](=O)[O-])C(=O)O. The lowest BCUT2D eigenvalue weighted by Crippen LogP contribution is -2.41. The van der Waals surface area contributed by atoms with E-state index >= 15 is 0 Å². The summed E-state index contributed by atoms with van der Waals surface area (Å²) in [6.07, 6.45) is 0.0786. The van der Waals surface area contributed by atoms with Crippen molar-refractivity contribution in [1.82, 2.24) is 4.72 Å². The number of hydrogen-bond acceptors (Lipinski definition) is 5. The van der Waals surface area contributed by atoms with Gasteiger partial charge in [0.15, 0.2) is 4.90 Å². The molecular weight excluding hydrogens is 300 g/mol. The second-order valence-electron chi connectivity index (χ2n) is 4.87. The number of para-hydroxylation sites is 1. The number of nitro benzene ring substituents is 1. The molecule has 0 bridgehead atoms. The van der Waals surface area contributed by atoms with E-state index in [-0.39, 0.29) is 12.3 Å². The fourth-order valence-corrected chi connectivity index (χ4v) is 3.13. The second kappa shape index (κ2) is 6.64. The van der Waals surface area contributed by atoms with Crippen LogP contribution in [0.25, 0.3) is 0 Å². The van der Waals surface area contributed by atoms with Crippen molar-refractivity contribution in [3.63, 3.8) is 0 Å². The Balaban J connectivity index is 3.17. The number of nitrogens with one attached hydrogen (secondary N) is 1. The van der Waals surface area contributed by atoms with Crippen LogP contribution >= 0.6 is 0 Å². The van der Waals surface area contributed by atoms with Gasteiger partial charge >= 0.3 is 5.97 Å². The third kappa shape index (κ3) is 4.50. The first-order valence-corrected chi connectivity index (χ1v) is 7.62. The summed E-state index contributed by atoms with van der Waals surface area (Å²) in [5.74, 6) is -1.38. The van der Waals surface area contributed by atoms with Crippen LogP contribution in [0.5, 0.6) is 0 Å². The molecular formula is C12H16N2O6S. The van der Waals surface area contributed by atoms with Crippen molar-refractivity contribution in [2.45, 2.75) is 31.2 Å². The summed E-state index contributed by atoms with van der Waals surface area (Å²) in [4.78, 5) is 20.6. The molecule has 0 heterocycles. The number of carbonyl (C=O) groups is 1. The standard InChI is InChI=1S/C12H16N2O6S/c1-8(2)7-9(12(15)16)13-21(19,20)11-6-4-3-5-10(11)14(17)18/h3-6,8-9,13H,7H2,1-2H3,(H,15,16)/t9-/m0/s1. The molecule has 0 aliphatic carbocycles. The van der Waals surface area contributed by atoms with Gasteiger partial charge in [-0.3, -0.25) is 14.9 Å². The maximum absolute atomic E-state index is 12.2. The molecule has 0 aliphatic heterocycles. The average Bonchev–Trinajstić information content (AvgIpc) is 2.37. The molecule has 0 saturated heterocycles. The van der Waals surface area contributed by atoms with Gasteiger partial charge in [0, 0.05) is 6.07 Å². The highest BCUT2D eigenvalue weighted by atomic mass is 32.2. The topological polar surface area (TPSA) is 127 Å². The van der Waals surface area contributed by atoms with E-state index in [4.69, 9.17) is 5.11 Å². The minimum absolute atomic E-state index is 0.0560. The molecule has 0 radical (unpaired) electrons. The van der Waals surface area contributed by atoms with Crippen molar-refractivity contribution in [3.05, 3.63) is 34.4 Å². The average molecular weight is 316 g/mol. The maximum Gasteiger partial charge on any atom is 0.321 e. The number of benzene rings is 1. The summed E-state index contributed by atoms with van der Waals surface area (Å²) in [7, 11) is -4.30. The van der Waals surface area contributed by atoms with Crippen molar-refractivity contribution >= 4 is 21.7 Å². The van der Waals surface area contributed by atoms with E-state index in [1.165, 1.54) is 12.1 Å². The molecule has 0 saturated carbocycles. The van der Waals surface area contributed by atoms with E-state index in [9.17, 15) is 23.3 Å². The van der Waals surface area contributed by atoms with Crippen LogP contribution in [0.2, 0.25) is 0 Å². The molecule has 0 spiro atoms. The van der Waals surface area contributed by atoms with Crippen LogP contribution in [-0.4, -0.2) is 30.5 Å². The molecule has 0 aliphatic rings. The van der Waals surface area contributed by atoms with Crippen LogP contribution in [0.4, 0.5) is 5.69 Å². The smallest absolute Gasteiger partial charge is 0.321 e. The third-order valence-electron chi connectivity index (χ3n) is 2.65. The van der Waals surface area contributed by atoms with Gasteiger partial charge in [-0.15, -0.1) is 0 Å². The van der Waals surface area contributed by atoms with E-state index in [1.807, 2.05) is 4.72 Å². The van der Waals surface area contributed by atoms with E-state index in [1.54, 1.807) is 13.8 Å². The zero-order valence-corrected chi connectivity index (χ0v) is 12.3. The summed E-state index contributed by atoms with van der Waals surface area (Å²) >= 11 is 0. The van der Waals surface area contributed by atoms with E-state index < -0.39 is 37.5 Å². The van der Waals surface area contributed by atoms with Gasteiger partial charge in [0.1, 0.15) is 6.04 Å². The quantitative estimate of drug-likeness (QED) is 0.578. The van der Waals surface area contributed by atoms with Crippen LogP contribution in [-0.2, 0) is 14.8 Å². The third-order valence-corrected chi connectivity index (χ3v) is 4.17. The number of nitro groups is 1. The van der Waals surface area contributed by atoms with Crippen LogP contribution in [0.3, 0.4) is 0 Å². The van der Waals surface area contributed by atoms with Gasteiger partial charge < -0.3 is 5.11 Å². The summed E-state index contributed by atoms with van der Waals surface area (Å²) < 4.78 is 26.4. The predicted octanol–water partition coefficient (Wildman–Crippen LogP) is 1.37. The Morgan fingerprint density at radius 3 is 2.43 bits per heavy atom. The van der Waals surface area contributed by atoms with Crippen LogP contribution in [0.15, 0.2) is 29.2 Å². The lowest BCUT2D eigenvalue weighted by atomic mass is 10.1. The zero-order valence-electron chi connectivity index (χ0n) is 11.5. The van der Waals surface area contributed by atoms with Gasteiger partial charge in [-0.1, -0.05) is 26.0 Å². The molecule has 1 aromatic rings. The van der Waals surface area contributed by atoms with Gasteiger partial charge in [-0.05, 0) is 18.4 Å². The molecule has 0 amide bonds. The largest absolute Gasteiger partial charge is 0.480 e. The van der Waals surface area contributed by atoms with Crippen molar-refractivity contribution in [1.29, 1.82) is 0 Å². The lowest BCUT2D eigenvalue weighted by molar-refractivity contribution is -0.387. The maximum atomic E-state index is 12.2. The number of sulfonamides is 1. The zero-order chi connectivity index (χ0) is 16.2. The van der Waals surface area contributed by atoms with Crippen molar-refractivity contribution in [2.75, 3.05) is 0 Å². The summed E-state index contributed by atoms with van der Waals surface area (Å²) in [5.41, 5.74) is -0.598. The first-order valence-electron chi connectivity index (χ1n) is 6.13. The van der Waals surface area contributed by atoms with Gasteiger partial charge in [-0.25, -0.2) is 8.42 Å². The molecule has 1 atom stereocenters. The molecule has 2 N–H and O–H groups in total. The normalized spacial score (nSPS) is 13.1. The fraction of sp³-hybridized carbons (Fsp3) is 0.417. The summed E-state index contributed by atoms with van der Waals surface area (Å²) in [5, 5.41) is 19.9. The Morgan fingerprint density at radius 2 is 1.95 bits per heavy atom. The number of carboxylic acid groups (broad SMARTS) is 1. The van der Waals surface area contributed by atoms with Crippen molar-refractivity contribution < 1.29 is 23.2 Å². The van der Waals surface area contributed by atoms with Crippen molar-refractivity contribution in [2.24, 2.45) is 5.92 Å². The molecule has 0 unspecified atom stereocenters. The van der Waals surface area contributed by atoms with Crippen LogP contribution < -0.4 is 4.72 Å². The number of nitrogens with zero attached hydrogens (tertiary/aromatic N) is 1.